The number of benzene rings is 1. The summed E-state index contributed by atoms with van der Waals surface area (Å²) in [5.74, 6) is 0.980. The maximum Gasteiger partial charge on any atom is 0.223 e. The number of ether oxygens (including phenoxy) is 1. The maximum absolute atomic E-state index is 12.4. The first-order valence-electron chi connectivity index (χ1n) is 11.7. The Morgan fingerprint density at radius 2 is 1.75 bits per heavy atom. The molecule has 1 aromatic carbocycles. The molecular weight excluding hydrogens is 402 g/mol. The fourth-order valence-corrected chi connectivity index (χ4v) is 4.68. The minimum atomic E-state index is -0.435. The van der Waals surface area contributed by atoms with Crippen molar-refractivity contribution in [3.63, 3.8) is 0 Å². The quantitative estimate of drug-likeness (QED) is 0.695. The number of primary amides is 1. The second kappa shape index (κ2) is 10.2. The zero-order valence-electron chi connectivity index (χ0n) is 19.7. The van der Waals surface area contributed by atoms with Crippen molar-refractivity contribution in [3.8, 4) is 0 Å². The van der Waals surface area contributed by atoms with Crippen LogP contribution in [0.1, 0.15) is 69.9 Å². The second-order valence-corrected chi connectivity index (χ2v) is 9.35. The van der Waals surface area contributed by atoms with E-state index in [1.807, 2.05) is 17.9 Å². The number of likely N-dealkylation sites (tertiary alicyclic amines) is 1. The van der Waals surface area contributed by atoms with Crippen LogP contribution < -0.4 is 5.73 Å². The van der Waals surface area contributed by atoms with Crippen LogP contribution in [-0.4, -0.2) is 46.8 Å². The molecule has 2 amide bonds. The van der Waals surface area contributed by atoms with Crippen molar-refractivity contribution in [2.45, 2.75) is 70.9 Å². The van der Waals surface area contributed by atoms with Gasteiger partial charge >= 0.3 is 0 Å². The van der Waals surface area contributed by atoms with Gasteiger partial charge in [0.2, 0.25) is 11.8 Å². The lowest BCUT2D eigenvalue weighted by Gasteiger charge is -2.41. The molecule has 174 valence electrons. The first-order chi connectivity index (χ1) is 15.2. The van der Waals surface area contributed by atoms with E-state index in [4.69, 9.17) is 10.5 Å². The average molecular weight is 440 g/mol. The van der Waals surface area contributed by atoms with Crippen LogP contribution in [0.3, 0.4) is 0 Å². The van der Waals surface area contributed by atoms with Gasteiger partial charge in [0, 0.05) is 58.3 Å². The highest BCUT2D eigenvalue weighted by atomic mass is 16.5. The van der Waals surface area contributed by atoms with Crippen LogP contribution in [0.25, 0.3) is 0 Å². The smallest absolute Gasteiger partial charge is 0.223 e. The van der Waals surface area contributed by atoms with E-state index in [2.05, 4.69) is 49.6 Å². The molecule has 1 aromatic rings. The highest BCUT2D eigenvalue weighted by molar-refractivity contribution is 5.82. The fraction of sp³-hybridized carbons (Fsp3) is 0.538. The number of hydrogen-bond acceptors (Lipinski definition) is 4. The minimum Gasteiger partial charge on any atom is -0.490 e. The molecule has 2 aliphatic rings. The zero-order valence-corrected chi connectivity index (χ0v) is 19.7. The number of hydrogen-bond donors (Lipinski definition) is 1. The third-order valence-corrected chi connectivity index (χ3v) is 6.73. The molecule has 32 heavy (non-hydrogen) atoms. The summed E-state index contributed by atoms with van der Waals surface area (Å²) < 4.78 is 6.54. The highest BCUT2D eigenvalue weighted by Gasteiger charge is 2.40. The van der Waals surface area contributed by atoms with Crippen molar-refractivity contribution >= 4 is 11.8 Å². The van der Waals surface area contributed by atoms with Gasteiger partial charge < -0.3 is 20.3 Å². The van der Waals surface area contributed by atoms with Crippen molar-refractivity contribution < 1.29 is 14.3 Å². The van der Waals surface area contributed by atoms with Gasteiger partial charge in [0.25, 0.3) is 0 Å². The summed E-state index contributed by atoms with van der Waals surface area (Å²) >= 11 is 0. The van der Waals surface area contributed by atoms with Gasteiger partial charge in [-0.25, -0.2) is 0 Å². The Bertz CT molecular complexity index is 865. The largest absolute Gasteiger partial charge is 0.490 e. The highest BCUT2D eigenvalue weighted by Crippen LogP contribution is 2.37. The maximum atomic E-state index is 12.4. The molecule has 6 nitrogen and oxygen atoms in total. The summed E-state index contributed by atoms with van der Waals surface area (Å²) in [5.41, 5.74) is 8.57. The third kappa shape index (κ3) is 5.72. The summed E-state index contributed by atoms with van der Waals surface area (Å²) in [6, 6.07) is 8.85. The molecule has 2 aliphatic heterocycles. The summed E-state index contributed by atoms with van der Waals surface area (Å²) in [4.78, 5) is 27.5. The van der Waals surface area contributed by atoms with Gasteiger partial charge in [-0.2, -0.15) is 0 Å². The number of piperidine rings is 1. The second-order valence-electron chi connectivity index (χ2n) is 9.35. The monoisotopic (exact) mass is 439 g/mol. The Balaban J connectivity index is 1.66. The Morgan fingerprint density at radius 1 is 1.12 bits per heavy atom. The molecule has 0 aromatic heterocycles. The van der Waals surface area contributed by atoms with Crippen LogP contribution >= 0.6 is 0 Å². The SMILES string of the molecule is C=CC1=C(C)OC2(CCN(C(=O)CCC(N)=O)CC2)CCN1Cc1ccc(C(C)C)cc1. The molecule has 0 atom stereocenters. The predicted molar refractivity (Wildman–Crippen MR) is 127 cm³/mol. The van der Waals surface area contributed by atoms with Crippen LogP contribution in [0, 0.1) is 0 Å². The van der Waals surface area contributed by atoms with Gasteiger partial charge in [0.05, 0.1) is 5.70 Å². The Morgan fingerprint density at radius 3 is 2.31 bits per heavy atom. The van der Waals surface area contributed by atoms with Crippen LogP contribution in [0.15, 0.2) is 48.4 Å². The molecule has 2 heterocycles. The van der Waals surface area contributed by atoms with Crippen molar-refractivity contribution in [2.24, 2.45) is 5.73 Å². The number of carbonyl (C=O) groups is 2. The third-order valence-electron chi connectivity index (χ3n) is 6.73. The van der Waals surface area contributed by atoms with Crippen molar-refractivity contribution in [3.05, 3.63) is 59.5 Å². The molecule has 0 radical (unpaired) electrons. The van der Waals surface area contributed by atoms with Gasteiger partial charge in [-0.05, 0) is 30.0 Å². The van der Waals surface area contributed by atoms with E-state index in [9.17, 15) is 9.59 Å². The number of nitrogens with two attached hydrogens (primary N) is 1. The Labute approximate surface area is 192 Å². The molecule has 1 fully saturated rings. The summed E-state index contributed by atoms with van der Waals surface area (Å²) in [7, 11) is 0. The van der Waals surface area contributed by atoms with Crippen LogP contribution in [0.5, 0.6) is 0 Å². The first kappa shape index (κ1) is 23.9. The number of allylic oxidation sites excluding steroid dienone is 2. The van der Waals surface area contributed by atoms with Gasteiger partial charge in [-0.1, -0.05) is 44.7 Å². The number of amides is 2. The molecular formula is C26H37N3O3. The van der Waals surface area contributed by atoms with E-state index in [0.717, 1.165) is 43.8 Å². The van der Waals surface area contributed by atoms with Gasteiger partial charge in [-0.3, -0.25) is 9.59 Å². The minimum absolute atomic E-state index is 0.00205. The van der Waals surface area contributed by atoms with E-state index in [0.29, 0.717) is 19.0 Å². The molecule has 0 bridgehead atoms. The van der Waals surface area contributed by atoms with Gasteiger partial charge in [0.15, 0.2) is 0 Å². The van der Waals surface area contributed by atoms with Gasteiger partial charge in [0.1, 0.15) is 11.4 Å². The lowest BCUT2D eigenvalue weighted by atomic mass is 9.87. The van der Waals surface area contributed by atoms with E-state index in [1.165, 1.54) is 11.1 Å². The van der Waals surface area contributed by atoms with Gasteiger partial charge in [-0.15, -0.1) is 0 Å². The Hall–Kier alpha value is -2.76. The van der Waals surface area contributed by atoms with Crippen molar-refractivity contribution in [1.29, 1.82) is 0 Å². The number of carbonyl (C=O) groups excluding carboxylic acids is 2. The summed E-state index contributed by atoms with van der Waals surface area (Å²) in [6.45, 7) is 13.4. The Kier molecular flexibility index (Phi) is 7.64. The molecule has 3 rings (SSSR count). The van der Waals surface area contributed by atoms with Crippen molar-refractivity contribution in [2.75, 3.05) is 19.6 Å². The zero-order chi connectivity index (χ0) is 23.3. The summed E-state index contributed by atoms with van der Waals surface area (Å²) in [5, 5.41) is 0. The van der Waals surface area contributed by atoms with Crippen molar-refractivity contribution in [1.82, 2.24) is 9.80 Å². The lowest BCUT2D eigenvalue weighted by molar-refractivity contribution is -0.137. The van der Waals surface area contributed by atoms with E-state index in [-0.39, 0.29) is 24.3 Å². The van der Waals surface area contributed by atoms with E-state index < -0.39 is 5.91 Å². The molecule has 1 spiro atoms. The average Bonchev–Trinajstić information content (AvgIpc) is 2.88. The van der Waals surface area contributed by atoms with E-state index in [1.54, 1.807) is 0 Å². The molecule has 0 unspecified atom stereocenters. The fourth-order valence-electron chi connectivity index (χ4n) is 4.68. The lowest BCUT2D eigenvalue weighted by Crippen LogP contribution is -2.48. The van der Waals surface area contributed by atoms with Crippen LogP contribution in [0.2, 0.25) is 0 Å². The summed E-state index contributed by atoms with van der Waals surface area (Å²) in [6.07, 6.45) is 4.65. The molecule has 1 saturated heterocycles. The van der Waals surface area contributed by atoms with E-state index >= 15 is 0 Å². The standard InChI is InChI=1S/C26H37N3O3/c1-5-23-20(4)32-26(12-15-28(16-13-26)25(31)11-10-24(27)30)14-17-29(23)18-21-6-8-22(9-7-21)19(2)3/h5-9,19H,1,10-18H2,2-4H3,(H2,27,30). The predicted octanol–water partition coefficient (Wildman–Crippen LogP) is 4.08. The molecule has 0 saturated carbocycles. The molecule has 2 N–H and O–H groups in total. The first-order valence-corrected chi connectivity index (χ1v) is 11.7. The number of rotatable bonds is 7. The normalized spacial score (nSPS) is 18.5. The topological polar surface area (TPSA) is 75.9 Å². The van der Waals surface area contributed by atoms with Crippen LogP contribution in [0.4, 0.5) is 0 Å². The molecule has 0 aliphatic carbocycles. The number of nitrogens with zero attached hydrogens (tertiary/aromatic N) is 2. The van der Waals surface area contributed by atoms with Crippen LogP contribution in [-0.2, 0) is 20.9 Å². The molecule has 6 heteroatoms.